The van der Waals surface area contributed by atoms with E-state index >= 15 is 0 Å². The average molecular weight is 345 g/mol. The zero-order valence-electron chi connectivity index (χ0n) is 14.8. The van der Waals surface area contributed by atoms with Crippen LogP contribution in [0.3, 0.4) is 0 Å². The Balaban J connectivity index is 1.43. The van der Waals surface area contributed by atoms with E-state index in [0.29, 0.717) is 31.9 Å². The number of aryl methyl sites for hydroxylation is 1. The molecule has 2 aliphatic rings. The summed E-state index contributed by atoms with van der Waals surface area (Å²) in [5.41, 5.74) is 1.99. The zero-order chi connectivity index (χ0) is 17.6. The lowest BCUT2D eigenvalue weighted by Gasteiger charge is -2.27. The summed E-state index contributed by atoms with van der Waals surface area (Å²) in [6.07, 6.45) is 3.54. The van der Waals surface area contributed by atoms with Gasteiger partial charge in [-0.15, -0.1) is 0 Å². The van der Waals surface area contributed by atoms with Gasteiger partial charge in [-0.1, -0.05) is 0 Å². The van der Waals surface area contributed by atoms with Crippen LogP contribution >= 0.6 is 0 Å². The summed E-state index contributed by atoms with van der Waals surface area (Å²) in [6, 6.07) is 6.08. The van der Waals surface area contributed by atoms with Gasteiger partial charge >= 0.3 is 0 Å². The standard InChI is InChI=1S/C19H27N3O3/c1-2-22(15-9-10-20-13-15)19(24)4-3-11-25-16-6-7-17-14(12-16)5-8-18(23)21-17/h6-7,12,15,20H,2-5,8-11,13H2,1H3,(H,21,23). The summed E-state index contributed by atoms with van der Waals surface area (Å²) < 4.78 is 5.79. The highest BCUT2D eigenvalue weighted by Gasteiger charge is 2.24. The Kier molecular flexibility index (Phi) is 5.91. The molecular weight excluding hydrogens is 318 g/mol. The molecule has 1 saturated heterocycles. The van der Waals surface area contributed by atoms with Gasteiger partial charge in [-0.25, -0.2) is 0 Å². The molecular formula is C19H27N3O3. The highest BCUT2D eigenvalue weighted by molar-refractivity contribution is 5.94. The van der Waals surface area contributed by atoms with E-state index in [4.69, 9.17) is 4.74 Å². The highest BCUT2D eigenvalue weighted by atomic mass is 16.5. The van der Waals surface area contributed by atoms with Crippen LogP contribution in [0.1, 0.15) is 38.2 Å². The maximum absolute atomic E-state index is 12.4. The summed E-state index contributed by atoms with van der Waals surface area (Å²) in [5.74, 6) is 1.08. The van der Waals surface area contributed by atoms with Gasteiger partial charge in [0.2, 0.25) is 11.8 Å². The summed E-state index contributed by atoms with van der Waals surface area (Å²) in [4.78, 5) is 25.8. The maximum atomic E-state index is 12.4. The lowest BCUT2D eigenvalue weighted by Crippen LogP contribution is -2.41. The first-order valence-electron chi connectivity index (χ1n) is 9.23. The molecule has 1 fully saturated rings. The fourth-order valence-electron chi connectivity index (χ4n) is 3.55. The second-order valence-corrected chi connectivity index (χ2v) is 6.65. The molecule has 3 rings (SSSR count). The first-order chi connectivity index (χ1) is 12.2. The van der Waals surface area contributed by atoms with Crippen LogP contribution in [0.15, 0.2) is 18.2 Å². The van der Waals surface area contributed by atoms with Crippen molar-refractivity contribution < 1.29 is 14.3 Å². The van der Waals surface area contributed by atoms with Gasteiger partial charge in [-0.05, 0) is 56.5 Å². The number of carbonyl (C=O) groups is 2. The molecule has 0 spiro atoms. The predicted molar refractivity (Wildman–Crippen MR) is 96.8 cm³/mol. The maximum Gasteiger partial charge on any atom is 0.224 e. The summed E-state index contributed by atoms with van der Waals surface area (Å²) in [6.45, 7) is 5.23. The summed E-state index contributed by atoms with van der Waals surface area (Å²) >= 11 is 0. The fraction of sp³-hybridized carbons (Fsp3) is 0.579. The molecule has 2 aliphatic heterocycles. The van der Waals surface area contributed by atoms with Gasteiger partial charge < -0.3 is 20.3 Å². The Morgan fingerprint density at radius 3 is 3.00 bits per heavy atom. The third-order valence-electron chi connectivity index (χ3n) is 4.91. The molecule has 136 valence electrons. The number of nitrogens with zero attached hydrogens (tertiary/aromatic N) is 1. The summed E-state index contributed by atoms with van der Waals surface area (Å²) in [7, 11) is 0. The molecule has 1 atom stereocenters. The third-order valence-corrected chi connectivity index (χ3v) is 4.91. The average Bonchev–Trinajstić information content (AvgIpc) is 3.13. The van der Waals surface area contributed by atoms with Gasteiger partial charge in [-0.3, -0.25) is 9.59 Å². The van der Waals surface area contributed by atoms with Gasteiger partial charge in [0.05, 0.1) is 6.61 Å². The van der Waals surface area contributed by atoms with Crippen molar-refractivity contribution in [1.29, 1.82) is 0 Å². The van der Waals surface area contributed by atoms with Crippen molar-refractivity contribution in [3.63, 3.8) is 0 Å². The van der Waals surface area contributed by atoms with Gasteiger partial charge in [-0.2, -0.15) is 0 Å². The number of hydrogen-bond acceptors (Lipinski definition) is 4. The minimum Gasteiger partial charge on any atom is -0.494 e. The van der Waals surface area contributed by atoms with E-state index in [1.807, 2.05) is 30.0 Å². The van der Waals surface area contributed by atoms with E-state index in [2.05, 4.69) is 10.6 Å². The zero-order valence-corrected chi connectivity index (χ0v) is 14.8. The Morgan fingerprint density at radius 1 is 1.36 bits per heavy atom. The normalized spacial score (nSPS) is 19.2. The van der Waals surface area contributed by atoms with Gasteiger partial charge in [0.15, 0.2) is 0 Å². The monoisotopic (exact) mass is 345 g/mol. The smallest absolute Gasteiger partial charge is 0.224 e. The van der Waals surface area contributed by atoms with Crippen LogP contribution in [0.25, 0.3) is 0 Å². The number of hydrogen-bond donors (Lipinski definition) is 2. The van der Waals surface area contributed by atoms with Gasteiger partial charge in [0.25, 0.3) is 0 Å². The molecule has 0 aromatic heterocycles. The molecule has 2 heterocycles. The quantitative estimate of drug-likeness (QED) is 0.741. The molecule has 6 heteroatoms. The van der Waals surface area contributed by atoms with Crippen molar-refractivity contribution in [2.45, 2.75) is 45.1 Å². The van der Waals surface area contributed by atoms with E-state index in [0.717, 1.165) is 49.5 Å². The van der Waals surface area contributed by atoms with Crippen LogP contribution in [0, 0.1) is 0 Å². The third kappa shape index (κ3) is 4.51. The van der Waals surface area contributed by atoms with Crippen molar-refractivity contribution in [2.75, 3.05) is 31.6 Å². The molecule has 1 aromatic rings. The van der Waals surface area contributed by atoms with E-state index in [-0.39, 0.29) is 11.8 Å². The number of nitrogens with one attached hydrogen (secondary N) is 2. The molecule has 0 bridgehead atoms. The number of benzene rings is 1. The van der Waals surface area contributed by atoms with Crippen molar-refractivity contribution >= 4 is 17.5 Å². The van der Waals surface area contributed by atoms with Crippen LogP contribution in [-0.2, 0) is 16.0 Å². The second kappa shape index (κ2) is 8.34. The van der Waals surface area contributed by atoms with Crippen molar-refractivity contribution in [2.24, 2.45) is 0 Å². The van der Waals surface area contributed by atoms with E-state index in [1.165, 1.54) is 0 Å². The van der Waals surface area contributed by atoms with Gasteiger partial charge in [0, 0.05) is 37.7 Å². The number of fused-ring (bicyclic) bond motifs is 1. The largest absolute Gasteiger partial charge is 0.494 e. The highest BCUT2D eigenvalue weighted by Crippen LogP contribution is 2.26. The van der Waals surface area contributed by atoms with Crippen LogP contribution in [0.4, 0.5) is 5.69 Å². The first-order valence-corrected chi connectivity index (χ1v) is 9.23. The van der Waals surface area contributed by atoms with E-state index in [9.17, 15) is 9.59 Å². The number of carbonyl (C=O) groups excluding carboxylic acids is 2. The SMILES string of the molecule is CCN(C(=O)CCCOc1ccc2c(c1)CCC(=O)N2)C1CCNC1. The molecule has 1 aromatic carbocycles. The predicted octanol–water partition coefficient (Wildman–Crippen LogP) is 1.94. The van der Waals surface area contributed by atoms with Crippen molar-refractivity contribution in [1.82, 2.24) is 10.2 Å². The molecule has 6 nitrogen and oxygen atoms in total. The van der Waals surface area contributed by atoms with E-state index in [1.54, 1.807) is 0 Å². The van der Waals surface area contributed by atoms with Crippen molar-refractivity contribution in [3.8, 4) is 5.75 Å². The van der Waals surface area contributed by atoms with E-state index < -0.39 is 0 Å². The topological polar surface area (TPSA) is 70.7 Å². The number of likely N-dealkylation sites (N-methyl/N-ethyl adjacent to an activating group) is 1. The number of rotatable bonds is 7. The minimum absolute atomic E-state index is 0.0672. The Hall–Kier alpha value is -2.08. The Morgan fingerprint density at radius 2 is 2.24 bits per heavy atom. The second-order valence-electron chi connectivity index (χ2n) is 6.65. The molecule has 0 aliphatic carbocycles. The molecule has 1 unspecified atom stereocenters. The molecule has 2 N–H and O–H groups in total. The minimum atomic E-state index is 0.0672. The number of amides is 2. The van der Waals surface area contributed by atoms with Crippen LogP contribution in [-0.4, -0.2) is 49.0 Å². The Labute approximate surface area is 148 Å². The number of anilines is 1. The van der Waals surface area contributed by atoms with Crippen LogP contribution in [0.5, 0.6) is 5.75 Å². The molecule has 25 heavy (non-hydrogen) atoms. The summed E-state index contributed by atoms with van der Waals surface area (Å²) in [5, 5.41) is 6.18. The Bertz CT molecular complexity index is 626. The number of ether oxygens (including phenoxy) is 1. The van der Waals surface area contributed by atoms with Crippen LogP contribution in [0.2, 0.25) is 0 Å². The molecule has 2 amide bonds. The lowest BCUT2D eigenvalue weighted by molar-refractivity contribution is -0.133. The van der Waals surface area contributed by atoms with Crippen molar-refractivity contribution in [3.05, 3.63) is 23.8 Å². The van der Waals surface area contributed by atoms with Crippen LogP contribution < -0.4 is 15.4 Å². The van der Waals surface area contributed by atoms with Gasteiger partial charge in [0.1, 0.15) is 5.75 Å². The lowest BCUT2D eigenvalue weighted by atomic mass is 10.0. The molecule has 0 saturated carbocycles. The fourth-order valence-corrected chi connectivity index (χ4v) is 3.55. The molecule has 0 radical (unpaired) electrons. The first kappa shape index (κ1) is 17.7.